The van der Waals surface area contributed by atoms with Crippen molar-refractivity contribution in [3.05, 3.63) is 71.9 Å². The van der Waals surface area contributed by atoms with Crippen molar-refractivity contribution in [2.24, 2.45) is 0 Å². The van der Waals surface area contributed by atoms with E-state index in [9.17, 15) is 4.79 Å². The number of hydrogen-bond acceptors (Lipinski definition) is 4. The first-order valence-corrected chi connectivity index (χ1v) is 7.15. The molecule has 3 aromatic rings. The van der Waals surface area contributed by atoms with Gasteiger partial charge in [0.15, 0.2) is 0 Å². The average Bonchev–Trinajstić information content (AvgIpc) is 2.96. The summed E-state index contributed by atoms with van der Waals surface area (Å²) in [4.78, 5) is 12.3. The summed E-state index contributed by atoms with van der Waals surface area (Å²) in [6, 6.07) is 18.0. The second-order valence-corrected chi connectivity index (χ2v) is 4.99. The smallest absolute Gasteiger partial charge is 0.344 e. The molecule has 0 aliphatic heterocycles. The van der Waals surface area contributed by atoms with E-state index in [0.29, 0.717) is 17.2 Å². The zero-order chi connectivity index (χ0) is 16.2. The Balaban J connectivity index is 1.86. The van der Waals surface area contributed by atoms with Crippen LogP contribution >= 0.6 is 0 Å². The highest BCUT2D eigenvalue weighted by molar-refractivity contribution is 5.91. The molecule has 0 radical (unpaired) electrons. The Morgan fingerprint density at radius 2 is 1.74 bits per heavy atom. The van der Waals surface area contributed by atoms with Gasteiger partial charge in [0.25, 0.3) is 0 Å². The molecule has 1 heterocycles. The van der Waals surface area contributed by atoms with Crippen molar-refractivity contribution in [1.29, 1.82) is 0 Å². The van der Waals surface area contributed by atoms with Crippen LogP contribution in [0, 0.1) is 6.92 Å². The van der Waals surface area contributed by atoms with Crippen LogP contribution in [-0.2, 0) is 0 Å². The summed E-state index contributed by atoms with van der Waals surface area (Å²) >= 11 is 0. The summed E-state index contributed by atoms with van der Waals surface area (Å²) < 4.78 is 12.2. The number of esters is 1. The van der Waals surface area contributed by atoms with Gasteiger partial charge >= 0.3 is 5.97 Å². The lowest BCUT2D eigenvalue weighted by atomic mass is 10.2. The Bertz CT molecular complexity index is 808. The lowest BCUT2D eigenvalue weighted by molar-refractivity contribution is 0.0723. The van der Waals surface area contributed by atoms with Gasteiger partial charge in [-0.1, -0.05) is 18.2 Å². The zero-order valence-corrected chi connectivity index (χ0v) is 12.9. The first kappa shape index (κ1) is 14.8. The molecule has 0 bridgehead atoms. The van der Waals surface area contributed by atoms with E-state index in [-0.39, 0.29) is 0 Å². The highest BCUT2D eigenvalue weighted by atomic mass is 16.5. The summed E-state index contributed by atoms with van der Waals surface area (Å²) in [5.41, 5.74) is 2.05. The molecule has 1 aromatic heterocycles. The SMILES string of the molecule is COc1ccc(C(=O)Oc2cc(C)nn2-c2ccccc2)cc1. The number of aryl methyl sites for hydroxylation is 1. The number of methoxy groups -OCH3 is 1. The second kappa shape index (κ2) is 6.36. The van der Waals surface area contributed by atoms with Crippen molar-refractivity contribution < 1.29 is 14.3 Å². The van der Waals surface area contributed by atoms with Gasteiger partial charge in [-0.2, -0.15) is 5.10 Å². The Morgan fingerprint density at radius 3 is 2.39 bits per heavy atom. The number of ether oxygens (including phenoxy) is 2. The minimum absolute atomic E-state index is 0.384. The zero-order valence-electron chi connectivity index (χ0n) is 12.9. The normalized spacial score (nSPS) is 10.3. The fraction of sp³-hybridized carbons (Fsp3) is 0.111. The van der Waals surface area contributed by atoms with Crippen molar-refractivity contribution in [1.82, 2.24) is 9.78 Å². The minimum Gasteiger partial charge on any atom is -0.497 e. The van der Waals surface area contributed by atoms with E-state index >= 15 is 0 Å². The first-order valence-electron chi connectivity index (χ1n) is 7.15. The van der Waals surface area contributed by atoms with Crippen LogP contribution in [0.4, 0.5) is 0 Å². The Labute approximate surface area is 134 Å². The minimum atomic E-state index is -0.440. The van der Waals surface area contributed by atoms with E-state index in [1.54, 1.807) is 42.1 Å². The van der Waals surface area contributed by atoms with Crippen LogP contribution in [0.25, 0.3) is 5.69 Å². The van der Waals surface area contributed by atoms with Gasteiger partial charge in [0.1, 0.15) is 5.75 Å². The van der Waals surface area contributed by atoms with E-state index in [0.717, 1.165) is 11.4 Å². The standard InChI is InChI=1S/C18H16N2O3/c1-13-12-17(20(19-13)15-6-4-3-5-7-15)23-18(21)14-8-10-16(22-2)11-9-14/h3-12H,1-2H3. The Morgan fingerprint density at radius 1 is 1.04 bits per heavy atom. The molecule has 0 saturated carbocycles. The molecule has 0 fully saturated rings. The maximum Gasteiger partial charge on any atom is 0.344 e. The van der Waals surface area contributed by atoms with Gasteiger partial charge < -0.3 is 9.47 Å². The number of aromatic nitrogens is 2. The molecule has 116 valence electrons. The molecule has 5 heteroatoms. The monoisotopic (exact) mass is 308 g/mol. The van der Waals surface area contributed by atoms with E-state index in [2.05, 4.69) is 5.10 Å². The maximum atomic E-state index is 12.3. The molecule has 23 heavy (non-hydrogen) atoms. The van der Waals surface area contributed by atoms with E-state index in [1.165, 1.54) is 0 Å². The number of carbonyl (C=O) groups excluding carboxylic acids is 1. The topological polar surface area (TPSA) is 53.4 Å². The maximum absolute atomic E-state index is 12.3. The molecule has 0 N–H and O–H groups in total. The third kappa shape index (κ3) is 3.23. The lowest BCUT2D eigenvalue weighted by Crippen LogP contribution is -2.11. The van der Waals surface area contributed by atoms with Gasteiger partial charge in [-0.05, 0) is 43.3 Å². The molecule has 5 nitrogen and oxygen atoms in total. The van der Waals surface area contributed by atoms with Gasteiger partial charge in [-0.25, -0.2) is 9.48 Å². The van der Waals surface area contributed by atoms with E-state index in [1.807, 2.05) is 37.3 Å². The summed E-state index contributed by atoms with van der Waals surface area (Å²) in [5, 5.41) is 4.37. The third-order valence-electron chi connectivity index (χ3n) is 3.32. The Hall–Kier alpha value is -3.08. The molecule has 0 saturated heterocycles. The lowest BCUT2D eigenvalue weighted by Gasteiger charge is -2.08. The molecule has 0 atom stereocenters. The number of rotatable bonds is 4. The van der Waals surface area contributed by atoms with Crippen LogP contribution in [0.3, 0.4) is 0 Å². The third-order valence-corrected chi connectivity index (χ3v) is 3.32. The molecular weight excluding hydrogens is 292 g/mol. The number of hydrogen-bond donors (Lipinski definition) is 0. The van der Waals surface area contributed by atoms with Crippen molar-refractivity contribution in [2.75, 3.05) is 7.11 Å². The fourth-order valence-corrected chi connectivity index (χ4v) is 2.18. The van der Waals surface area contributed by atoms with Crippen molar-refractivity contribution in [3.63, 3.8) is 0 Å². The first-order chi connectivity index (χ1) is 11.2. The largest absolute Gasteiger partial charge is 0.497 e. The van der Waals surface area contributed by atoms with E-state index in [4.69, 9.17) is 9.47 Å². The van der Waals surface area contributed by atoms with Crippen LogP contribution in [-0.4, -0.2) is 22.9 Å². The summed E-state index contributed by atoms with van der Waals surface area (Å²) in [6.45, 7) is 1.85. The molecule has 0 spiro atoms. The van der Waals surface area contributed by atoms with E-state index < -0.39 is 5.97 Å². The fourth-order valence-electron chi connectivity index (χ4n) is 2.18. The van der Waals surface area contributed by atoms with Crippen molar-refractivity contribution in [2.45, 2.75) is 6.92 Å². The summed E-state index contributed by atoms with van der Waals surface area (Å²) in [6.07, 6.45) is 0. The predicted molar refractivity (Wildman–Crippen MR) is 86.3 cm³/mol. The number of carbonyl (C=O) groups is 1. The van der Waals surface area contributed by atoms with Crippen LogP contribution in [0.1, 0.15) is 16.1 Å². The van der Waals surface area contributed by atoms with Crippen molar-refractivity contribution >= 4 is 5.97 Å². The average molecular weight is 308 g/mol. The molecule has 3 rings (SSSR count). The van der Waals surface area contributed by atoms with Gasteiger partial charge in [0.05, 0.1) is 24.1 Å². The highest BCUT2D eigenvalue weighted by Crippen LogP contribution is 2.21. The van der Waals surface area contributed by atoms with Crippen LogP contribution in [0.2, 0.25) is 0 Å². The van der Waals surface area contributed by atoms with Gasteiger partial charge in [0.2, 0.25) is 5.88 Å². The second-order valence-electron chi connectivity index (χ2n) is 4.99. The quantitative estimate of drug-likeness (QED) is 0.693. The van der Waals surface area contributed by atoms with Crippen LogP contribution < -0.4 is 9.47 Å². The number of benzene rings is 2. The van der Waals surface area contributed by atoms with Crippen molar-refractivity contribution in [3.8, 4) is 17.3 Å². The summed E-state index contributed by atoms with van der Waals surface area (Å²) in [7, 11) is 1.58. The molecular formula is C18H16N2O3. The number of nitrogens with zero attached hydrogens (tertiary/aromatic N) is 2. The molecule has 0 amide bonds. The van der Waals surface area contributed by atoms with Crippen LogP contribution in [0.15, 0.2) is 60.7 Å². The molecule has 2 aromatic carbocycles. The van der Waals surface area contributed by atoms with Crippen LogP contribution in [0.5, 0.6) is 11.6 Å². The summed E-state index contributed by atoms with van der Waals surface area (Å²) in [5.74, 6) is 0.631. The molecule has 0 unspecified atom stereocenters. The molecule has 0 aliphatic rings. The Kier molecular flexibility index (Phi) is 4.10. The van der Waals surface area contributed by atoms with Gasteiger partial charge in [-0.15, -0.1) is 0 Å². The van der Waals surface area contributed by atoms with Gasteiger partial charge in [-0.3, -0.25) is 0 Å². The number of para-hydroxylation sites is 1. The predicted octanol–water partition coefficient (Wildman–Crippen LogP) is 3.41. The molecule has 0 aliphatic carbocycles. The van der Waals surface area contributed by atoms with Gasteiger partial charge in [0, 0.05) is 6.07 Å². The highest BCUT2D eigenvalue weighted by Gasteiger charge is 2.14.